The second kappa shape index (κ2) is 49.5. The van der Waals surface area contributed by atoms with E-state index in [9.17, 15) is 82.4 Å². The molecule has 1 fully saturated rings. The number of amides is 13. The summed E-state index contributed by atoms with van der Waals surface area (Å²) in [7, 11) is 0. The number of carbonyl (C=O) groups excluding carboxylic acids is 13. The molecule has 1 heterocycles. The van der Waals surface area contributed by atoms with E-state index in [2.05, 4.69) is 73.9 Å². The lowest BCUT2D eigenvalue weighted by Crippen LogP contribution is -2.61. The van der Waals surface area contributed by atoms with Crippen molar-refractivity contribution in [3.63, 3.8) is 0 Å². The fourth-order valence-electron chi connectivity index (χ4n) is 11.6. The highest BCUT2D eigenvalue weighted by Gasteiger charge is 2.41. The second-order valence-corrected chi connectivity index (χ2v) is 27.0. The van der Waals surface area contributed by atoms with Crippen molar-refractivity contribution in [2.45, 2.75) is 208 Å². The molecule has 0 saturated carbocycles. The Morgan fingerprint density at radius 2 is 0.946 bits per heavy atom. The number of nitrogens with zero attached hydrogens (tertiary/aromatic N) is 4. The summed E-state index contributed by atoms with van der Waals surface area (Å²) in [6.07, 6.45) is 4.31. The van der Waals surface area contributed by atoms with Gasteiger partial charge in [0.15, 0.2) is 17.9 Å². The van der Waals surface area contributed by atoms with Crippen LogP contribution in [0.4, 0.5) is 0 Å². The summed E-state index contributed by atoms with van der Waals surface area (Å²) in [6.45, 7) is 2.25. The summed E-state index contributed by atoms with van der Waals surface area (Å²) >= 11 is 0. The molecule has 42 nitrogen and oxygen atoms in total. The fourth-order valence-corrected chi connectivity index (χ4v) is 11.6. The van der Waals surface area contributed by atoms with Crippen molar-refractivity contribution >= 4 is 101 Å². The Hall–Kier alpha value is -11.5. The van der Waals surface area contributed by atoms with Crippen LogP contribution in [0.15, 0.2) is 68.8 Å². The molecule has 0 bridgehead atoms. The molecular formula is C69H113N25O17. The molecule has 0 spiro atoms. The summed E-state index contributed by atoms with van der Waals surface area (Å²) in [5.41, 5.74) is 65.7. The van der Waals surface area contributed by atoms with E-state index in [4.69, 9.17) is 63.1 Å². The molecule has 2 aliphatic rings. The quantitative estimate of drug-likeness (QED) is 0.0125. The van der Waals surface area contributed by atoms with Crippen LogP contribution in [0.5, 0.6) is 5.75 Å². The van der Waals surface area contributed by atoms with Crippen molar-refractivity contribution < 1.29 is 82.4 Å². The lowest BCUT2D eigenvalue weighted by molar-refractivity contribution is -0.143. The smallest absolute Gasteiger partial charge is 0.326 e. The number of aliphatic hydroxyl groups is 1. The van der Waals surface area contributed by atoms with Crippen molar-refractivity contribution in [3.8, 4) is 5.75 Å². The zero-order valence-electron chi connectivity index (χ0n) is 62.6. The van der Waals surface area contributed by atoms with Gasteiger partial charge in [0.25, 0.3) is 0 Å². The molecule has 3 rings (SSSR count). The number of aliphatic imine (C=N–C) groups is 3. The largest absolute Gasteiger partial charge is 0.508 e. The van der Waals surface area contributed by atoms with Crippen LogP contribution in [0, 0.1) is 5.92 Å². The van der Waals surface area contributed by atoms with E-state index in [1.807, 2.05) is 0 Å². The molecule has 616 valence electrons. The van der Waals surface area contributed by atoms with E-state index >= 15 is 0 Å². The number of carbonyl (C=O) groups is 14. The van der Waals surface area contributed by atoms with E-state index in [1.165, 1.54) is 49.1 Å². The first-order valence-corrected chi connectivity index (χ1v) is 36.6. The lowest BCUT2D eigenvalue weighted by Gasteiger charge is -2.31. The topological polar surface area (TPSA) is 747 Å². The average Bonchev–Trinajstić information content (AvgIpc) is 1.68. The Morgan fingerprint density at radius 1 is 0.505 bits per heavy atom. The Bertz CT molecular complexity index is 3540. The molecule has 12 atom stereocenters. The number of phenols is 1. The summed E-state index contributed by atoms with van der Waals surface area (Å²) in [5.74, 6) is -16.1. The van der Waals surface area contributed by atoms with Crippen LogP contribution in [-0.4, -0.2) is 239 Å². The van der Waals surface area contributed by atoms with Gasteiger partial charge in [0, 0.05) is 45.4 Å². The third-order valence-electron chi connectivity index (χ3n) is 17.6. The minimum absolute atomic E-state index is 0.0193. The molecule has 1 aromatic carbocycles. The molecular weight excluding hydrogens is 1450 g/mol. The number of aliphatic carboxylic acids is 1. The Labute approximate surface area is 642 Å². The third kappa shape index (κ3) is 35.2. The van der Waals surface area contributed by atoms with Crippen molar-refractivity contribution in [1.82, 2.24) is 58.1 Å². The zero-order chi connectivity index (χ0) is 82.9. The number of carboxylic acid groups (broad SMARTS) is 1. The second-order valence-electron chi connectivity index (χ2n) is 27.0. The molecule has 111 heavy (non-hydrogen) atoms. The van der Waals surface area contributed by atoms with Gasteiger partial charge in [-0.1, -0.05) is 38.5 Å². The Morgan fingerprint density at radius 3 is 1.42 bits per heavy atom. The van der Waals surface area contributed by atoms with Gasteiger partial charge >= 0.3 is 5.97 Å². The molecule has 42 heteroatoms. The highest BCUT2D eigenvalue weighted by atomic mass is 16.4. The van der Waals surface area contributed by atoms with E-state index in [-0.39, 0.29) is 133 Å². The summed E-state index contributed by atoms with van der Waals surface area (Å²) in [6, 6.07) is -13.0. The predicted octanol–water partition coefficient (Wildman–Crippen LogP) is -8.56. The number of hydrogen-bond acceptors (Lipinski definition) is 22. The molecule has 1 aliphatic heterocycles. The molecule has 0 aromatic heterocycles. The number of rotatable bonds is 53. The van der Waals surface area contributed by atoms with Gasteiger partial charge in [-0.25, -0.2) is 4.79 Å². The number of aliphatic hydroxyl groups excluding tert-OH is 1. The molecule has 1 aliphatic carbocycles. The van der Waals surface area contributed by atoms with Crippen molar-refractivity contribution in [2.75, 3.05) is 45.9 Å². The number of primary amides is 2. The number of phenolic OH excluding ortho intramolecular Hbond substituents is 1. The number of carboxylic acids is 1. The average molecular weight is 1560 g/mol. The lowest BCUT2D eigenvalue weighted by atomic mass is 10.0. The van der Waals surface area contributed by atoms with Gasteiger partial charge in [-0.3, -0.25) is 77.3 Å². The van der Waals surface area contributed by atoms with Crippen LogP contribution in [0.25, 0.3) is 0 Å². The maximum atomic E-state index is 14.8. The van der Waals surface area contributed by atoms with Crippen molar-refractivity contribution in [2.24, 2.45) is 84.0 Å². The van der Waals surface area contributed by atoms with Crippen LogP contribution in [-0.2, 0) is 73.5 Å². The number of nitrogens with two attached hydrogens (primary N) is 11. The normalized spacial score (nSPS) is 15.8. The van der Waals surface area contributed by atoms with Crippen LogP contribution < -0.4 is 116 Å². The van der Waals surface area contributed by atoms with E-state index in [0.29, 0.717) is 37.8 Å². The van der Waals surface area contributed by atoms with Gasteiger partial charge in [-0.2, -0.15) is 0 Å². The fraction of sp³-hybridized carbons (Fsp3) is 0.594. The number of guanidine groups is 3. The summed E-state index contributed by atoms with van der Waals surface area (Å²) in [4.78, 5) is 207. The van der Waals surface area contributed by atoms with Gasteiger partial charge < -0.3 is 136 Å². The molecule has 1 aromatic rings. The van der Waals surface area contributed by atoms with Gasteiger partial charge in [0.2, 0.25) is 76.8 Å². The number of allylic oxidation sites excluding steroid dienone is 2. The number of aromatic hydroxyl groups is 1. The number of hydrogen-bond donors (Lipinski definition) is 24. The Balaban J connectivity index is 2.02. The third-order valence-corrected chi connectivity index (χ3v) is 17.6. The number of likely N-dealkylation sites (tertiary alicyclic amines) is 1. The van der Waals surface area contributed by atoms with Crippen LogP contribution in [0.3, 0.4) is 0 Å². The molecule has 13 amide bonds. The summed E-state index contributed by atoms with van der Waals surface area (Å²) < 4.78 is 0. The highest BCUT2D eigenvalue weighted by molar-refractivity contribution is 6.00. The monoisotopic (exact) mass is 1560 g/mol. The zero-order valence-corrected chi connectivity index (χ0v) is 62.6. The first-order chi connectivity index (χ1) is 52.6. The van der Waals surface area contributed by atoms with Gasteiger partial charge in [-0.05, 0) is 144 Å². The maximum absolute atomic E-state index is 14.8. The number of nitrogens with one attached hydrogen (secondary N) is 10. The van der Waals surface area contributed by atoms with E-state index < -0.39 is 193 Å². The Kier molecular flexibility index (Phi) is 41.8. The van der Waals surface area contributed by atoms with Crippen LogP contribution >= 0.6 is 0 Å². The van der Waals surface area contributed by atoms with E-state index in [1.54, 1.807) is 12.2 Å². The minimum Gasteiger partial charge on any atom is -0.508 e. The number of benzene rings is 1. The van der Waals surface area contributed by atoms with E-state index in [0.717, 1.165) is 0 Å². The molecule has 0 unspecified atom stereocenters. The standard InChI is InChI=1S/C69H113N25O17/c1-37(2)54(64(108)91-49(66(110)111)34-38-13-3-4-14-38)93-61(105)48(35-53(74)98)90-62(106)50(36-95)92-60(104)47(33-39-21-23-40(96)24-22-39)89-58(102)44(18-10-30-82-68(77)78)85-56(100)43(17-9-29-81-67(75)76)86-59(103)45(25-26-52(73)97)87-63(107)51-20-12-32-94(51)65(109)46(19-11-31-83-69(79)80)88-57(101)42(16-6-8-28-71)84-55(99)41(72)15-5-7-27-70/h3,13-14,21-24,37,41-51,54,95-96H,5-12,15-20,25-36,70-72H2,1-2H3,(H2,73,97)(H2,74,98)(H,84,99)(H,85,100)(H,86,103)(H,87,107)(H,88,101)(H,89,102)(H,90,106)(H,91,108)(H,92,104)(H,93,105)(H,110,111)(H4,75,76,81)(H4,77,78,82)(H4,79,80,83)/t41-,42-,43-,44-,45-,46-,47-,48-,49-,50-,51-,54-/m0/s1. The first-order valence-electron chi connectivity index (χ1n) is 36.6. The van der Waals surface area contributed by atoms with Crippen LogP contribution in [0.2, 0.25) is 0 Å². The highest BCUT2D eigenvalue weighted by Crippen LogP contribution is 2.22. The van der Waals surface area contributed by atoms with Gasteiger partial charge in [0.1, 0.15) is 72.2 Å². The van der Waals surface area contributed by atoms with Crippen LogP contribution in [0.1, 0.15) is 135 Å². The van der Waals surface area contributed by atoms with Crippen molar-refractivity contribution in [1.29, 1.82) is 0 Å². The molecule has 1 saturated heterocycles. The van der Waals surface area contributed by atoms with Gasteiger partial charge in [-0.15, -0.1) is 5.73 Å². The molecule has 35 N–H and O–H groups in total. The van der Waals surface area contributed by atoms with Crippen molar-refractivity contribution in [3.05, 3.63) is 59.4 Å². The minimum atomic E-state index is -1.98. The first kappa shape index (κ1) is 93.7. The van der Waals surface area contributed by atoms with Gasteiger partial charge in [0.05, 0.1) is 19.1 Å². The predicted molar refractivity (Wildman–Crippen MR) is 407 cm³/mol. The SMILES string of the molecule is CC(C)[C@H](NC(=O)[C@H](CC(N)=O)NC(=O)[C@H](CO)NC(=O)[C@H](Cc1ccc(O)cc1)NC(=O)[C@H](CCCN=C(N)N)NC(=O)[C@H](CCCN=C(N)N)NC(=O)[C@H](CCC(N)=O)NC(=O)[C@@H]1CCCN1C(=O)[C@H](CCCN=C(N)N)NC(=O)[C@H](CCCCN)NC(=O)[C@@H](N)CCCCN)C(=O)N[C@@H](CC1=CC=C=C1)C(=O)O. The summed E-state index contributed by atoms with van der Waals surface area (Å²) in [5, 5.41) is 55.7. The maximum Gasteiger partial charge on any atom is 0.326 e. The number of unbranched alkanes of at least 4 members (excludes halogenated alkanes) is 2. The molecule has 0 radical (unpaired) electrons.